The molecule has 0 saturated carbocycles. The van der Waals surface area contributed by atoms with E-state index >= 15 is 0 Å². The van der Waals surface area contributed by atoms with Crippen molar-refractivity contribution >= 4 is 6.29 Å². The highest BCUT2D eigenvalue weighted by Crippen LogP contribution is 2.30. The third-order valence-corrected chi connectivity index (χ3v) is 3.92. The first-order chi connectivity index (χ1) is 10.9. The lowest BCUT2D eigenvalue weighted by Crippen LogP contribution is -2.09. The Bertz CT molecular complexity index is 708. The Morgan fingerprint density at radius 3 is 2.65 bits per heavy atom. The second-order valence-corrected chi connectivity index (χ2v) is 5.87. The zero-order chi connectivity index (χ0) is 17.0. The third-order valence-electron chi connectivity index (χ3n) is 3.92. The van der Waals surface area contributed by atoms with Gasteiger partial charge < -0.3 is 9.84 Å². The smallest absolute Gasteiger partial charge is 0.216 e. The minimum Gasteiger partial charge on any atom is -0.477 e. The number of hydrogen-bond donors (Lipinski definition) is 1. The lowest BCUT2D eigenvalue weighted by Gasteiger charge is -2.15. The zero-order valence-electron chi connectivity index (χ0n) is 14.1. The fraction of sp³-hybridized carbons (Fsp3) is 0.368. The second kappa shape index (κ2) is 7.38. The van der Waals surface area contributed by atoms with E-state index < -0.39 is 0 Å². The largest absolute Gasteiger partial charge is 0.477 e. The maximum Gasteiger partial charge on any atom is 0.216 e. The zero-order valence-corrected chi connectivity index (χ0v) is 14.1. The Morgan fingerprint density at radius 1 is 1.26 bits per heavy atom. The lowest BCUT2D eigenvalue weighted by atomic mass is 9.95. The second-order valence-electron chi connectivity index (χ2n) is 5.87. The maximum atomic E-state index is 11.1. The number of pyridine rings is 1. The topological polar surface area (TPSA) is 59.4 Å². The molecule has 23 heavy (non-hydrogen) atoms. The molecule has 0 unspecified atom stereocenters. The van der Waals surface area contributed by atoms with Crippen molar-refractivity contribution in [1.82, 2.24) is 4.98 Å². The van der Waals surface area contributed by atoms with Gasteiger partial charge in [-0.2, -0.15) is 0 Å². The highest BCUT2D eigenvalue weighted by atomic mass is 16.5. The molecule has 4 heteroatoms. The van der Waals surface area contributed by atoms with Crippen LogP contribution in [0, 0.1) is 20.8 Å². The van der Waals surface area contributed by atoms with Gasteiger partial charge in [-0.3, -0.25) is 4.79 Å². The lowest BCUT2D eigenvalue weighted by molar-refractivity contribution is 0.112. The van der Waals surface area contributed by atoms with Crippen molar-refractivity contribution in [2.45, 2.75) is 40.2 Å². The first kappa shape index (κ1) is 17.2. The van der Waals surface area contributed by atoms with Crippen molar-refractivity contribution in [3.8, 4) is 17.0 Å². The number of carbonyl (C=O) groups excluding carboxylic acids is 1. The van der Waals surface area contributed by atoms with Crippen molar-refractivity contribution in [3.63, 3.8) is 0 Å². The first-order valence-electron chi connectivity index (χ1n) is 7.78. The molecular weight excluding hydrogens is 290 g/mol. The van der Waals surface area contributed by atoms with Crippen LogP contribution in [0.2, 0.25) is 0 Å². The van der Waals surface area contributed by atoms with Gasteiger partial charge in [-0.1, -0.05) is 18.2 Å². The van der Waals surface area contributed by atoms with E-state index in [1.807, 2.05) is 45.0 Å². The molecule has 4 nitrogen and oxygen atoms in total. The highest BCUT2D eigenvalue weighted by molar-refractivity contribution is 5.83. The maximum absolute atomic E-state index is 11.1. The van der Waals surface area contributed by atoms with Crippen LogP contribution in [0.1, 0.15) is 40.5 Å². The molecule has 1 atom stereocenters. The molecule has 0 aliphatic rings. The van der Waals surface area contributed by atoms with Crippen molar-refractivity contribution in [3.05, 3.63) is 46.6 Å². The highest BCUT2D eigenvalue weighted by Gasteiger charge is 2.12. The molecule has 0 radical (unpaired) electrons. The van der Waals surface area contributed by atoms with Gasteiger partial charge in [-0.25, -0.2) is 4.98 Å². The molecular formula is C19H23NO3. The minimum absolute atomic E-state index is 0.385. The van der Waals surface area contributed by atoms with Gasteiger partial charge in [0, 0.05) is 28.8 Å². The number of aldehydes is 1. The third kappa shape index (κ3) is 3.96. The fourth-order valence-corrected chi connectivity index (χ4v) is 2.50. The molecule has 1 aromatic carbocycles. The Balaban J connectivity index is 2.35. The van der Waals surface area contributed by atoms with Crippen molar-refractivity contribution in [2.24, 2.45) is 0 Å². The van der Waals surface area contributed by atoms with Crippen LogP contribution in [0.15, 0.2) is 24.3 Å². The summed E-state index contributed by atoms with van der Waals surface area (Å²) in [7, 11) is 0. The average Bonchev–Trinajstić information content (AvgIpc) is 2.50. The fourth-order valence-electron chi connectivity index (χ4n) is 2.50. The van der Waals surface area contributed by atoms with Crippen molar-refractivity contribution < 1.29 is 14.6 Å². The number of hydrogen-bond acceptors (Lipinski definition) is 4. The molecule has 1 aromatic heterocycles. The number of aromatic nitrogens is 1. The molecule has 0 spiro atoms. The van der Waals surface area contributed by atoms with Gasteiger partial charge in [0.15, 0.2) is 0 Å². The van der Waals surface area contributed by atoms with Crippen LogP contribution in [-0.2, 0) is 0 Å². The summed E-state index contributed by atoms with van der Waals surface area (Å²) in [6.07, 6.45) is 1.06. The van der Waals surface area contributed by atoms with Crippen molar-refractivity contribution in [1.29, 1.82) is 0 Å². The summed E-state index contributed by atoms with van der Waals surface area (Å²) < 4.78 is 5.67. The van der Waals surface area contributed by atoms with E-state index in [4.69, 9.17) is 4.74 Å². The minimum atomic E-state index is -0.385. The number of aliphatic hydroxyl groups is 1. The number of nitrogens with zero attached hydrogens (tertiary/aromatic N) is 1. The quantitative estimate of drug-likeness (QED) is 0.827. The Morgan fingerprint density at radius 2 is 2.00 bits per heavy atom. The van der Waals surface area contributed by atoms with Gasteiger partial charge in [0.05, 0.1) is 12.7 Å². The van der Waals surface area contributed by atoms with E-state index in [2.05, 4.69) is 4.98 Å². The first-order valence-corrected chi connectivity index (χ1v) is 7.78. The Labute approximate surface area is 137 Å². The van der Waals surface area contributed by atoms with Crippen LogP contribution in [-0.4, -0.2) is 29.1 Å². The number of benzene rings is 1. The van der Waals surface area contributed by atoms with Gasteiger partial charge >= 0.3 is 0 Å². The Kier molecular flexibility index (Phi) is 5.50. The van der Waals surface area contributed by atoms with E-state index in [-0.39, 0.29) is 6.10 Å². The number of ether oxygens (including phenoxy) is 1. The Hall–Kier alpha value is -2.20. The van der Waals surface area contributed by atoms with E-state index in [0.717, 1.165) is 34.2 Å². The summed E-state index contributed by atoms with van der Waals surface area (Å²) >= 11 is 0. The predicted molar refractivity (Wildman–Crippen MR) is 91.1 cm³/mol. The molecule has 0 aliphatic carbocycles. The predicted octanol–water partition coefficient (Wildman–Crippen LogP) is 3.64. The number of aryl methyl sites for hydroxylation is 2. The van der Waals surface area contributed by atoms with Crippen molar-refractivity contribution in [2.75, 3.05) is 6.61 Å². The molecule has 1 heterocycles. The molecule has 2 aromatic rings. The number of carbonyl (C=O) groups is 1. The van der Waals surface area contributed by atoms with E-state index in [1.165, 1.54) is 0 Å². The van der Waals surface area contributed by atoms with Gasteiger partial charge in [-0.05, 0) is 44.9 Å². The molecule has 0 bridgehead atoms. The van der Waals surface area contributed by atoms with E-state index in [1.54, 1.807) is 6.92 Å². The summed E-state index contributed by atoms with van der Waals surface area (Å²) in [5, 5.41) is 9.30. The van der Waals surface area contributed by atoms with Crippen LogP contribution in [0.4, 0.5) is 0 Å². The molecule has 0 aliphatic heterocycles. The van der Waals surface area contributed by atoms with Gasteiger partial charge in [0.25, 0.3) is 0 Å². The van der Waals surface area contributed by atoms with Gasteiger partial charge in [0.2, 0.25) is 5.88 Å². The SMILES string of the molecule is Cc1cc(-c2cccc(C=O)c2C)c(C)nc1OCC[C@H](C)O. The normalized spacial score (nSPS) is 12.0. The molecule has 0 amide bonds. The van der Waals surface area contributed by atoms with E-state index in [0.29, 0.717) is 24.5 Å². The van der Waals surface area contributed by atoms with Crippen LogP contribution in [0.5, 0.6) is 5.88 Å². The summed E-state index contributed by atoms with van der Waals surface area (Å²) in [5.74, 6) is 0.594. The average molecular weight is 313 g/mol. The summed E-state index contributed by atoms with van der Waals surface area (Å²) in [4.78, 5) is 15.7. The van der Waals surface area contributed by atoms with Gasteiger partial charge in [0.1, 0.15) is 6.29 Å². The summed E-state index contributed by atoms with van der Waals surface area (Å²) in [6.45, 7) is 8.00. The summed E-state index contributed by atoms with van der Waals surface area (Å²) in [5.41, 5.74) is 5.46. The number of rotatable bonds is 6. The van der Waals surface area contributed by atoms with Crippen LogP contribution in [0.3, 0.4) is 0 Å². The molecule has 0 fully saturated rings. The standard InChI is InChI=1S/C19H23NO3/c1-12-10-18(17-7-5-6-16(11-21)14(17)3)15(4)20-19(12)23-9-8-13(2)22/h5-7,10-11,13,22H,8-9H2,1-4H3/t13-/m0/s1. The van der Waals surface area contributed by atoms with Gasteiger partial charge in [-0.15, -0.1) is 0 Å². The molecule has 122 valence electrons. The van der Waals surface area contributed by atoms with Crippen LogP contribution in [0.25, 0.3) is 11.1 Å². The van der Waals surface area contributed by atoms with Crippen LogP contribution >= 0.6 is 0 Å². The molecule has 2 rings (SSSR count). The van der Waals surface area contributed by atoms with E-state index in [9.17, 15) is 9.90 Å². The molecule has 1 N–H and O–H groups in total. The number of aliphatic hydroxyl groups excluding tert-OH is 1. The molecule has 0 saturated heterocycles. The summed E-state index contributed by atoms with van der Waals surface area (Å²) in [6, 6.07) is 7.74. The monoisotopic (exact) mass is 313 g/mol. The van der Waals surface area contributed by atoms with Crippen LogP contribution < -0.4 is 4.74 Å².